The second kappa shape index (κ2) is 6.39. The van der Waals surface area contributed by atoms with E-state index >= 15 is 0 Å². The van der Waals surface area contributed by atoms with E-state index < -0.39 is 0 Å². The van der Waals surface area contributed by atoms with Crippen LogP contribution in [0.4, 0.5) is 0 Å². The fourth-order valence-corrected chi connectivity index (χ4v) is 0.321. The summed E-state index contributed by atoms with van der Waals surface area (Å²) in [5, 5.41) is 0. The van der Waals surface area contributed by atoms with Gasteiger partial charge in [0.2, 0.25) is 0 Å². The van der Waals surface area contributed by atoms with Crippen LogP contribution in [-0.2, 0) is 34.1 Å². The molecule has 1 aromatic rings. The van der Waals surface area contributed by atoms with Gasteiger partial charge in [0.15, 0.2) is 0 Å². The van der Waals surface area contributed by atoms with Crippen LogP contribution in [0.1, 0.15) is 0 Å². The molecule has 0 nitrogen and oxygen atoms in total. The van der Waals surface area contributed by atoms with E-state index in [0.717, 1.165) is 0 Å². The number of hydrogen-bond donors (Lipinski definition) is 0. The molecule has 0 N–H and O–H groups in total. The Morgan fingerprint density at radius 2 is 1.43 bits per heavy atom. The van der Waals surface area contributed by atoms with E-state index in [1.807, 2.05) is 30.3 Å². The Bertz CT molecular complexity index is 62.6. The zero-order valence-electron chi connectivity index (χ0n) is 3.49. The van der Waals surface area contributed by atoms with Crippen molar-refractivity contribution in [2.45, 2.75) is 0 Å². The summed E-state index contributed by atoms with van der Waals surface area (Å²) in [7, 11) is 0. The molecule has 0 aliphatic rings. The summed E-state index contributed by atoms with van der Waals surface area (Å²) in [4.78, 5) is 0. The van der Waals surface area contributed by atoms with Crippen molar-refractivity contribution in [2.75, 3.05) is 0 Å². The van der Waals surface area contributed by atoms with Gasteiger partial charge in [-0.3, -0.25) is 0 Å². The monoisotopic (exact) mass is 191 g/mol. The van der Waals surface area contributed by atoms with E-state index in [9.17, 15) is 0 Å². The molecule has 0 atom stereocenters. The van der Waals surface area contributed by atoms with Gasteiger partial charge in [-0.1, -0.05) is 0 Å². The zero-order valence-corrected chi connectivity index (χ0v) is 5.37. The Kier molecular flexibility index (Phi) is 9.48. The largest absolute Gasteiger partial charge is 1.00 e. The second-order valence-electron chi connectivity index (χ2n) is 0.962. The van der Waals surface area contributed by atoms with Gasteiger partial charge >= 0.3 is 17.1 Å². The molecule has 1 aromatic carbocycles. The smallest absolute Gasteiger partial charge is 0.214 e. The molecular formula is C5H5Cu2. The van der Waals surface area contributed by atoms with Gasteiger partial charge in [-0.25, -0.2) is 12.1 Å². The van der Waals surface area contributed by atoms with Crippen LogP contribution in [0.15, 0.2) is 30.3 Å². The molecule has 0 saturated heterocycles. The fourth-order valence-electron chi connectivity index (χ4n) is 0.321. The van der Waals surface area contributed by atoms with E-state index in [0.29, 0.717) is 0 Å². The third-order valence-corrected chi connectivity index (χ3v) is 0.556. The predicted molar refractivity (Wildman–Crippen MR) is 22.0 cm³/mol. The quantitative estimate of drug-likeness (QED) is 0.430. The van der Waals surface area contributed by atoms with Gasteiger partial charge in [-0.05, 0) is 0 Å². The molecule has 0 amide bonds. The summed E-state index contributed by atoms with van der Waals surface area (Å²) in [5.41, 5.74) is 0. The van der Waals surface area contributed by atoms with E-state index in [4.69, 9.17) is 0 Å². The van der Waals surface area contributed by atoms with Crippen LogP contribution in [0.25, 0.3) is 0 Å². The van der Waals surface area contributed by atoms with Crippen molar-refractivity contribution in [3.8, 4) is 0 Å². The van der Waals surface area contributed by atoms with E-state index in [-0.39, 0.29) is 34.1 Å². The molecule has 1 rings (SSSR count). The molecular weight excluding hydrogens is 187 g/mol. The summed E-state index contributed by atoms with van der Waals surface area (Å²) in [6, 6.07) is 10.0. The van der Waals surface area contributed by atoms with Crippen LogP contribution in [0.5, 0.6) is 0 Å². The Morgan fingerprint density at radius 3 is 1.57 bits per heavy atom. The number of rotatable bonds is 0. The molecule has 0 heterocycles. The summed E-state index contributed by atoms with van der Waals surface area (Å²) < 4.78 is 0. The molecule has 0 bridgehead atoms. The molecule has 0 fully saturated rings. The van der Waals surface area contributed by atoms with Crippen molar-refractivity contribution in [2.24, 2.45) is 0 Å². The maximum absolute atomic E-state index is 2.00. The Hall–Kier alpha value is 0.389. The molecule has 0 aliphatic heterocycles. The average molecular weight is 192 g/mol. The first-order valence-corrected chi connectivity index (χ1v) is 1.67. The van der Waals surface area contributed by atoms with Crippen molar-refractivity contribution in [3.63, 3.8) is 0 Å². The molecule has 0 aliphatic carbocycles. The Labute approximate surface area is 64.6 Å². The van der Waals surface area contributed by atoms with Crippen LogP contribution in [0.2, 0.25) is 0 Å². The molecule has 47 valence electrons. The van der Waals surface area contributed by atoms with Gasteiger partial charge in [-0.2, -0.15) is 18.2 Å². The van der Waals surface area contributed by atoms with Crippen molar-refractivity contribution in [3.05, 3.63) is 30.3 Å². The molecule has 7 heavy (non-hydrogen) atoms. The Balaban J connectivity index is 0. The first-order valence-electron chi connectivity index (χ1n) is 1.67. The third kappa shape index (κ3) is 4.24. The second-order valence-corrected chi connectivity index (χ2v) is 0.962. The van der Waals surface area contributed by atoms with Gasteiger partial charge < -0.3 is 0 Å². The van der Waals surface area contributed by atoms with Gasteiger partial charge in [0.05, 0.1) is 0 Å². The van der Waals surface area contributed by atoms with Crippen LogP contribution in [-0.4, -0.2) is 0 Å². The minimum atomic E-state index is 0. The Morgan fingerprint density at radius 1 is 1.00 bits per heavy atom. The minimum absolute atomic E-state index is 0. The SMILES string of the molecule is [Cu+].[Cu].c1cc[cH-]c1. The van der Waals surface area contributed by atoms with Crippen LogP contribution in [0, 0.1) is 0 Å². The fraction of sp³-hybridized carbons (Fsp3) is 0. The molecule has 0 unspecified atom stereocenters. The maximum atomic E-state index is 2.00. The molecule has 0 aromatic heterocycles. The van der Waals surface area contributed by atoms with Gasteiger partial charge in [0.25, 0.3) is 0 Å². The first-order chi connectivity index (χ1) is 2.50. The number of hydrogen-bond acceptors (Lipinski definition) is 0. The normalized spacial score (nSPS) is 5.71. The standard InChI is InChI=1S/C5H5.2Cu/c1-2-4-5-3-1;;/h1-5H;;/q-1;;+1. The minimum Gasteiger partial charge on any atom is -0.214 e. The maximum Gasteiger partial charge on any atom is 1.00 e. The van der Waals surface area contributed by atoms with Crippen molar-refractivity contribution >= 4 is 0 Å². The average Bonchev–Trinajstić information content (AvgIpc) is 1.76. The van der Waals surface area contributed by atoms with Crippen LogP contribution >= 0.6 is 0 Å². The summed E-state index contributed by atoms with van der Waals surface area (Å²) in [5.74, 6) is 0. The van der Waals surface area contributed by atoms with Gasteiger partial charge in [0, 0.05) is 17.1 Å². The van der Waals surface area contributed by atoms with Gasteiger partial charge in [0.1, 0.15) is 0 Å². The molecule has 0 saturated carbocycles. The van der Waals surface area contributed by atoms with Crippen molar-refractivity contribution in [1.29, 1.82) is 0 Å². The topological polar surface area (TPSA) is 0 Å². The predicted octanol–water partition coefficient (Wildman–Crippen LogP) is 1.40. The van der Waals surface area contributed by atoms with E-state index in [1.165, 1.54) is 0 Å². The summed E-state index contributed by atoms with van der Waals surface area (Å²) in [6.45, 7) is 0. The van der Waals surface area contributed by atoms with Crippen LogP contribution in [0.3, 0.4) is 0 Å². The van der Waals surface area contributed by atoms with Crippen molar-refractivity contribution < 1.29 is 34.1 Å². The molecule has 1 radical (unpaired) electrons. The van der Waals surface area contributed by atoms with Crippen LogP contribution < -0.4 is 0 Å². The third-order valence-electron chi connectivity index (χ3n) is 0.556. The van der Waals surface area contributed by atoms with Crippen molar-refractivity contribution in [1.82, 2.24) is 0 Å². The van der Waals surface area contributed by atoms with E-state index in [2.05, 4.69) is 0 Å². The molecule has 0 spiro atoms. The molecule has 2 heteroatoms. The van der Waals surface area contributed by atoms with Gasteiger partial charge in [-0.15, -0.1) is 0 Å². The summed E-state index contributed by atoms with van der Waals surface area (Å²) >= 11 is 0. The summed E-state index contributed by atoms with van der Waals surface area (Å²) in [6.07, 6.45) is 0. The first kappa shape index (κ1) is 10.4. The van der Waals surface area contributed by atoms with E-state index in [1.54, 1.807) is 0 Å². The zero-order chi connectivity index (χ0) is 3.54.